The van der Waals surface area contributed by atoms with Crippen molar-refractivity contribution in [3.8, 4) is 0 Å². The molecule has 0 heterocycles. The highest BCUT2D eigenvalue weighted by Gasteiger charge is 2.14. The smallest absolute Gasteiger partial charge is 0.251 e. The summed E-state index contributed by atoms with van der Waals surface area (Å²) < 4.78 is 0. The van der Waals surface area contributed by atoms with Gasteiger partial charge in [0, 0.05) is 17.8 Å². The molecule has 0 unspecified atom stereocenters. The molecule has 0 atom stereocenters. The highest BCUT2D eigenvalue weighted by Crippen LogP contribution is 2.28. The Balaban J connectivity index is 0.00000200. The topological polar surface area (TPSA) is 55.1 Å². The van der Waals surface area contributed by atoms with Crippen LogP contribution in [0.2, 0.25) is 0 Å². The Hall–Kier alpha value is -1.22. The number of benzene rings is 1. The molecule has 1 aromatic carbocycles. The number of nitrogens with one attached hydrogen (secondary N) is 1. The van der Waals surface area contributed by atoms with Crippen LogP contribution in [0.4, 0.5) is 5.69 Å². The number of carbonyl (C=O) groups excluding carboxylic acids is 1. The number of hydrogen-bond donors (Lipinski definition) is 2. The van der Waals surface area contributed by atoms with Crippen LogP contribution in [0.25, 0.3) is 0 Å². The largest absolute Gasteiger partial charge is 0.399 e. The van der Waals surface area contributed by atoms with E-state index in [1.54, 1.807) is 6.07 Å². The van der Waals surface area contributed by atoms with Crippen LogP contribution in [0.3, 0.4) is 0 Å². The fourth-order valence-electron chi connectivity index (χ4n) is 2.87. The maximum Gasteiger partial charge on any atom is 0.251 e. The summed E-state index contributed by atoms with van der Waals surface area (Å²) in [6.07, 6.45) is 7.86. The fraction of sp³-hybridized carbons (Fsp3) is 0.562. The van der Waals surface area contributed by atoms with Gasteiger partial charge in [0.05, 0.1) is 0 Å². The van der Waals surface area contributed by atoms with E-state index in [9.17, 15) is 4.79 Å². The summed E-state index contributed by atoms with van der Waals surface area (Å²) in [4.78, 5) is 12.0. The van der Waals surface area contributed by atoms with Gasteiger partial charge in [0.2, 0.25) is 0 Å². The molecule has 1 amide bonds. The first-order valence-electron chi connectivity index (χ1n) is 7.31. The zero-order valence-electron chi connectivity index (χ0n) is 12.2. The van der Waals surface area contributed by atoms with Crippen molar-refractivity contribution in [3.63, 3.8) is 0 Å². The summed E-state index contributed by atoms with van der Waals surface area (Å²) in [5, 5.41) is 3.00. The molecule has 3 N–H and O–H groups in total. The molecule has 1 aromatic rings. The Bertz CT molecular complexity index is 442. The van der Waals surface area contributed by atoms with E-state index in [1.165, 1.54) is 32.1 Å². The molecule has 1 aliphatic rings. The average molecular weight is 297 g/mol. The van der Waals surface area contributed by atoms with Crippen LogP contribution in [0, 0.1) is 12.8 Å². The third kappa shape index (κ3) is 4.71. The predicted molar refractivity (Wildman–Crippen MR) is 86.4 cm³/mol. The summed E-state index contributed by atoms with van der Waals surface area (Å²) in [5.74, 6) is 0.891. The van der Waals surface area contributed by atoms with Crippen LogP contribution in [-0.2, 0) is 0 Å². The molecule has 112 valence electrons. The molecule has 3 nitrogen and oxygen atoms in total. The molecule has 1 aliphatic carbocycles. The minimum Gasteiger partial charge on any atom is -0.399 e. The molecule has 4 heteroatoms. The van der Waals surface area contributed by atoms with Gasteiger partial charge in [-0.3, -0.25) is 4.79 Å². The predicted octanol–water partition coefficient (Wildman–Crippen LogP) is 3.70. The van der Waals surface area contributed by atoms with E-state index in [0.717, 1.165) is 24.4 Å². The minimum atomic E-state index is -0.00350. The van der Waals surface area contributed by atoms with Gasteiger partial charge >= 0.3 is 0 Å². The second kappa shape index (κ2) is 8.15. The average Bonchev–Trinajstić information content (AvgIpc) is 2.90. The van der Waals surface area contributed by atoms with Gasteiger partial charge in [-0.1, -0.05) is 31.7 Å². The number of anilines is 1. The Labute approximate surface area is 127 Å². The fourth-order valence-corrected chi connectivity index (χ4v) is 2.87. The molecule has 1 saturated carbocycles. The van der Waals surface area contributed by atoms with Gasteiger partial charge in [-0.15, -0.1) is 12.4 Å². The molecule has 0 aliphatic heterocycles. The molecule has 0 saturated heterocycles. The van der Waals surface area contributed by atoms with E-state index in [0.29, 0.717) is 11.3 Å². The minimum absolute atomic E-state index is 0. The normalized spacial score (nSPS) is 14.8. The number of hydrogen-bond acceptors (Lipinski definition) is 2. The quantitative estimate of drug-likeness (QED) is 0.643. The SMILES string of the molecule is Cc1ccc(N)cc1C(=O)NCCCC1CCCC1.Cl. The maximum absolute atomic E-state index is 12.0. The molecule has 1 fully saturated rings. The monoisotopic (exact) mass is 296 g/mol. The number of amides is 1. The summed E-state index contributed by atoms with van der Waals surface area (Å²) in [6, 6.07) is 5.47. The molecular weight excluding hydrogens is 272 g/mol. The van der Waals surface area contributed by atoms with Crippen molar-refractivity contribution >= 4 is 24.0 Å². The summed E-state index contributed by atoms with van der Waals surface area (Å²) in [5.41, 5.74) is 8.03. The van der Waals surface area contributed by atoms with Crippen LogP contribution in [0.5, 0.6) is 0 Å². The molecule has 2 rings (SSSR count). The van der Waals surface area contributed by atoms with E-state index in [4.69, 9.17) is 5.73 Å². The first-order chi connectivity index (χ1) is 9.16. The van der Waals surface area contributed by atoms with E-state index in [2.05, 4.69) is 5.32 Å². The third-order valence-corrected chi connectivity index (χ3v) is 4.06. The number of halogens is 1. The van der Waals surface area contributed by atoms with Crippen LogP contribution in [0.15, 0.2) is 18.2 Å². The third-order valence-electron chi connectivity index (χ3n) is 4.06. The molecule has 0 aromatic heterocycles. The first-order valence-corrected chi connectivity index (χ1v) is 7.31. The Morgan fingerprint density at radius 3 is 2.75 bits per heavy atom. The Morgan fingerprint density at radius 1 is 1.35 bits per heavy atom. The Kier molecular flexibility index (Phi) is 6.86. The van der Waals surface area contributed by atoms with Crippen molar-refractivity contribution in [3.05, 3.63) is 29.3 Å². The Morgan fingerprint density at radius 2 is 2.05 bits per heavy atom. The van der Waals surface area contributed by atoms with Crippen molar-refractivity contribution in [1.82, 2.24) is 5.32 Å². The van der Waals surface area contributed by atoms with Crippen molar-refractivity contribution < 1.29 is 4.79 Å². The number of nitrogen functional groups attached to an aromatic ring is 1. The second-order valence-corrected chi connectivity index (χ2v) is 5.62. The molecule has 20 heavy (non-hydrogen) atoms. The summed E-state index contributed by atoms with van der Waals surface area (Å²) in [7, 11) is 0. The van der Waals surface area contributed by atoms with Crippen molar-refractivity contribution in [1.29, 1.82) is 0 Å². The highest BCUT2D eigenvalue weighted by molar-refractivity contribution is 5.96. The number of nitrogens with two attached hydrogens (primary N) is 1. The van der Waals surface area contributed by atoms with Crippen LogP contribution in [0.1, 0.15) is 54.4 Å². The van der Waals surface area contributed by atoms with Gasteiger partial charge in [0.25, 0.3) is 5.91 Å². The summed E-state index contributed by atoms with van der Waals surface area (Å²) >= 11 is 0. The first kappa shape index (κ1) is 16.8. The number of aryl methyl sites for hydroxylation is 1. The van der Waals surface area contributed by atoms with Gasteiger partial charge in [-0.2, -0.15) is 0 Å². The van der Waals surface area contributed by atoms with Crippen LogP contribution < -0.4 is 11.1 Å². The van der Waals surface area contributed by atoms with Crippen molar-refractivity contribution in [2.45, 2.75) is 45.4 Å². The van der Waals surface area contributed by atoms with Gasteiger partial charge in [0.15, 0.2) is 0 Å². The molecule has 0 spiro atoms. The van der Waals surface area contributed by atoms with E-state index >= 15 is 0 Å². The van der Waals surface area contributed by atoms with Crippen LogP contribution in [-0.4, -0.2) is 12.5 Å². The van der Waals surface area contributed by atoms with E-state index < -0.39 is 0 Å². The number of carbonyl (C=O) groups is 1. The van der Waals surface area contributed by atoms with Gasteiger partial charge in [0.1, 0.15) is 0 Å². The maximum atomic E-state index is 12.0. The van der Waals surface area contributed by atoms with Gasteiger partial charge in [-0.25, -0.2) is 0 Å². The lowest BCUT2D eigenvalue weighted by Crippen LogP contribution is -2.25. The van der Waals surface area contributed by atoms with Crippen molar-refractivity contribution in [2.24, 2.45) is 5.92 Å². The van der Waals surface area contributed by atoms with Crippen molar-refractivity contribution in [2.75, 3.05) is 12.3 Å². The lowest BCUT2D eigenvalue weighted by atomic mass is 10.0. The van der Waals surface area contributed by atoms with E-state index in [-0.39, 0.29) is 18.3 Å². The summed E-state index contributed by atoms with van der Waals surface area (Å²) in [6.45, 7) is 2.70. The molecule has 0 bridgehead atoms. The molecular formula is C16H25ClN2O. The standard InChI is InChI=1S/C16H24N2O.ClH/c1-12-8-9-14(17)11-15(12)16(19)18-10-4-7-13-5-2-3-6-13;/h8-9,11,13H,2-7,10,17H2,1H3,(H,18,19);1H. The highest BCUT2D eigenvalue weighted by atomic mass is 35.5. The lowest BCUT2D eigenvalue weighted by Gasteiger charge is -2.10. The lowest BCUT2D eigenvalue weighted by molar-refractivity contribution is 0.0952. The van der Waals surface area contributed by atoms with Gasteiger partial charge in [-0.05, 0) is 43.4 Å². The second-order valence-electron chi connectivity index (χ2n) is 5.62. The zero-order chi connectivity index (χ0) is 13.7. The van der Waals surface area contributed by atoms with E-state index in [1.807, 2.05) is 19.1 Å². The number of rotatable bonds is 5. The zero-order valence-corrected chi connectivity index (χ0v) is 13.0. The van der Waals surface area contributed by atoms with Crippen LogP contribution >= 0.6 is 12.4 Å². The van der Waals surface area contributed by atoms with Gasteiger partial charge < -0.3 is 11.1 Å². The molecule has 0 radical (unpaired) electrons.